The second kappa shape index (κ2) is 5.82. The molecule has 1 aromatic carbocycles. The molecule has 1 aromatic rings. The summed E-state index contributed by atoms with van der Waals surface area (Å²) in [5, 5.41) is 11.4. The van der Waals surface area contributed by atoms with Crippen molar-refractivity contribution in [1.29, 1.82) is 0 Å². The third-order valence-electron chi connectivity index (χ3n) is 3.20. The SMILES string of the molecule is CS(=O)(=O)NCc1ccc(NC(=O)C2CC2C(=O)O)cc1. The first-order chi connectivity index (χ1) is 9.76. The molecule has 2 atom stereocenters. The van der Waals surface area contributed by atoms with Gasteiger partial charge in [-0.1, -0.05) is 12.1 Å². The maximum Gasteiger partial charge on any atom is 0.307 e. The highest BCUT2D eigenvalue weighted by Crippen LogP contribution is 2.39. The third kappa shape index (κ3) is 4.54. The number of carboxylic acids is 1. The molecule has 0 aromatic heterocycles. The van der Waals surface area contributed by atoms with Gasteiger partial charge in [-0.3, -0.25) is 9.59 Å². The molecule has 0 radical (unpaired) electrons. The molecule has 0 saturated heterocycles. The predicted octanol–water partition coefficient (Wildman–Crippen LogP) is 0.395. The number of sulfonamides is 1. The molecule has 21 heavy (non-hydrogen) atoms. The van der Waals surface area contributed by atoms with Gasteiger partial charge in [0.1, 0.15) is 0 Å². The van der Waals surface area contributed by atoms with Gasteiger partial charge in [-0.05, 0) is 24.1 Å². The Hall–Kier alpha value is -1.93. The van der Waals surface area contributed by atoms with Gasteiger partial charge in [-0.2, -0.15) is 0 Å². The second-order valence-corrected chi connectivity index (χ2v) is 6.90. The number of carbonyl (C=O) groups is 2. The summed E-state index contributed by atoms with van der Waals surface area (Å²) in [6.45, 7) is 0.177. The quantitative estimate of drug-likeness (QED) is 0.703. The number of amides is 1. The molecule has 2 rings (SSSR count). The van der Waals surface area contributed by atoms with Crippen LogP contribution >= 0.6 is 0 Å². The first-order valence-corrected chi connectivity index (χ1v) is 8.22. The van der Waals surface area contributed by atoms with Crippen LogP contribution in [0.15, 0.2) is 24.3 Å². The highest BCUT2D eigenvalue weighted by Gasteiger charge is 2.48. The molecule has 1 fully saturated rings. The van der Waals surface area contributed by atoms with Crippen molar-refractivity contribution in [1.82, 2.24) is 4.72 Å². The largest absolute Gasteiger partial charge is 0.481 e. The van der Waals surface area contributed by atoms with Crippen LogP contribution in [0.4, 0.5) is 5.69 Å². The Morgan fingerprint density at radius 2 is 1.86 bits per heavy atom. The summed E-state index contributed by atoms with van der Waals surface area (Å²) in [6.07, 6.45) is 1.45. The molecule has 7 nitrogen and oxygen atoms in total. The van der Waals surface area contributed by atoms with Crippen molar-refractivity contribution in [3.63, 3.8) is 0 Å². The predicted molar refractivity (Wildman–Crippen MR) is 76.0 cm³/mol. The Balaban J connectivity index is 1.88. The highest BCUT2D eigenvalue weighted by molar-refractivity contribution is 7.88. The number of benzene rings is 1. The van der Waals surface area contributed by atoms with Gasteiger partial charge in [0, 0.05) is 12.2 Å². The lowest BCUT2D eigenvalue weighted by Gasteiger charge is -2.06. The lowest BCUT2D eigenvalue weighted by atomic mass is 10.2. The summed E-state index contributed by atoms with van der Waals surface area (Å²) < 4.78 is 24.3. The fourth-order valence-corrected chi connectivity index (χ4v) is 2.34. The Morgan fingerprint density at radius 1 is 1.24 bits per heavy atom. The number of hydrogen-bond acceptors (Lipinski definition) is 4. The molecule has 114 valence electrons. The minimum atomic E-state index is -3.24. The van der Waals surface area contributed by atoms with Crippen LogP contribution in [0.25, 0.3) is 0 Å². The average molecular weight is 312 g/mol. The van der Waals surface area contributed by atoms with Crippen molar-refractivity contribution in [2.45, 2.75) is 13.0 Å². The van der Waals surface area contributed by atoms with Crippen molar-refractivity contribution in [2.75, 3.05) is 11.6 Å². The standard InChI is InChI=1S/C13H16N2O5S/c1-21(19,20)14-7-8-2-4-9(5-3-8)15-12(16)10-6-11(10)13(17)18/h2-5,10-11,14H,6-7H2,1H3,(H,15,16)(H,17,18). The van der Waals surface area contributed by atoms with Crippen molar-refractivity contribution in [2.24, 2.45) is 11.8 Å². The summed E-state index contributed by atoms with van der Waals surface area (Å²) in [6, 6.07) is 6.68. The fraction of sp³-hybridized carbons (Fsp3) is 0.385. The molecule has 0 aliphatic heterocycles. The minimum Gasteiger partial charge on any atom is -0.481 e. The van der Waals surface area contributed by atoms with E-state index in [9.17, 15) is 18.0 Å². The number of hydrogen-bond donors (Lipinski definition) is 3. The summed E-state index contributed by atoms with van der Waals surface area (Å²) in [5.74, 6) is -2.29. The Labute approximate surface area is 122 Å². The van der Waals surface area contributed by atoms with E-state index in [0.717, 1.165) is 11.8 Å². The van der Waals surface area contributed by atoms with Crippen LogP contribution in [-0.2, 0) is 26.2 Å². The summed E-state index contributed by atoms with van der Waals surface area (Å²) >= 11 is 0. The van der Waals surface area contributed by atoms with E-state index in [1.54, 1.807) is 24.3 Å². The van der Waals surface area contributed by atoms with E-state index in [-0.39, 0.29) is 12.5 Å². The van der Waals surface area contributed by atoms with Gasteiger partial charge >= 0.3 is 5.97 Å². The van der Waals surface area contributed by atoms with E-state index in [1.165, 1.54) is 0 Å². The lowest BCUT2D eigenvalue weighted by molar-refractivity contribution is -0.139. The zero-order valence-electron chi connectivity index (χ0n) is 11.4. The summed E-state index contributed by atoms with van der Waals surface area (Å²) in [4.78, 5) is 22.5. The number of anilines is 1. The molecule has 2 unspecified atom stereocenters. The first-order valence-electron chi connectivity index (χ1n) is 6.33. The molecule has 1 amide bonds. The van der Waals surface area contributed by atoms with Gasteiger partial charge in [-0.15, -0.1) is 0 Å². The Bertz CT molecular complexity index is 654. The van der Waals surface area contributed by atoms with E-state index < -0.39 is 27.8 Å². The molecule has 1 aliphatic rings. The molecular weight excluding hydrogens is 296 g/mol. The molecule has 0 spiro atoms. The molecule has 0 bridgehead atoms. The maximum atomic E-state index is 11.8. The van der Waals surface area contributed by atoms with Crippen LogP contribution in [0.3, 0.4) is 0 Å². The average Bonchev–Trinajstić information content (AvgIpc) is 3.17. The van der Waals surface area contributed by atoms with Gasteiger partial charge in [0.05, 0.1) is 18.1 Å². The zero-order valence-corrected chi connectivity index (χ0v) is 12.2. The highest BCUT2D eigenvalue weighted by atomic mass is 32.2. The van der Waals surface area contributed by atoms with Gasteiger partial charge < -0.3 is 10.4 Å². The van der Waals surface area contributed by atoms with E-state index in [2.05, 4.69) is 10.0 Å². The van der Waals surface area contributed by atoms with Crippen molar-refractivity contribution in [3.8, 4) is 0 Å². The molecule has 8 heteroatoms. The van der Waals surface area contributed by atoms with E-state index in [0.29, 0.717) is 12.1 Å². The van der Waals surface area contributed by atoms with Crippen LogP contribution in [0.2, 0.25) is 0 Å². The van der Waals surface area contributed by atoms with Crippen LogP contribution in [0.1, 0.15) is 12.0 Å². The van der Waals surface area contributed by atoms with Crippen LogP contribution in [-0.4, -0.2) is 31.7 Å². The van der Waals surface area contributed by atoms with Crippen molar-refractivity contribution < 1.29 is 23.1 Å². The van der Waals surface area contributed by atoms with Crippen molar-refractivity contribution in [3.05, 3.63) is 29.8 Å². The van der Waals surface area contributed by atoms with Gasteiger partial charge in [-0.25, -0.2) is 13.1 Å². The Morgan fingerprint density at radius 3 is 2.33 bits per heavy atom. The number of aliphatic carboxylic acids is 1. The normalized spacial score (nSPS) is 20.8. The third-order valence-corrected chi connectivity index (χ3v) is 3.87. The van der Waals surface area contributed by atoms with E-state index in [1.807, 2.05) is 0 Å². The first kappa shape index (κ1) is 15.5. The van der Waals surface area contributed by atoms with Gasteiger partial charge in [0.15, 0.2) is 0 Å². The van der Waals surface area contributed by atoms with Crippen LogP contribution in [0, 0.1) is 11.8 Å². The van der Waals surface area contributed by atoms with Gasteiger partial charge in [0.2, 0.25) is 15.9 Å². The van der Waals surface area contributed by atoms with Crippen molar-refractivity contribution >= 4 is 27.6 Å². The summed E-state index contributed by atoms with van der Waals surface area (Å²) in [7, 11) is -3.24. The number of rotatable bonds is 6. The van der Waals surface area contributed by atoms with Crippen LogP contribution in [0.5, 0.6) is 0 Å². The topological polar surface area (TPSA) is 113 Å². The smallest absolute Gasteiger partial charge is 0.307 e. The van der Waals surface area contributed by atoms with Crippen LogP contribution < -0.4 is 10.0 Å². The maximum absolute atomic E-state index is 11.8. The monoisotopic (exact) mass is 312 g/mol. The number of nitrogens with one attached hydrogen (secondary N) is 2. The summed E-state index contributed by atoms with van der Waals surface area (Å²) in [5.41, 5.74) is 1.31. The molecular formula is C13H16N2O5S. The lowest BCUT2D eigenvalue weighted by Crippen LogP contribution is -2.21. The van der Waals surface area contributed by atoms with E-state index in [4.69, 9.17) is 5.11 Å². The fourth-order valence-electron chi connectivity index (χ4n) is 1.91. The minimum absolute atomic E-state index is 0.177. The molecule has 0 heterocycles. The molecule has 1 aliphatic carbocycles. The number of carboxylic acid groups (broad SMARTS) is 1. The second-order valence-electron chi connectivity index (χ2n) is 5.07. The van der Waals surface area contributed by atoms with E-state index >= 15 is 0 Å². The van der Waals surface area contributed by atoms with Gasteiger partial charge in [0.25, 0.3) is 0 Å². The Kier molecular flexibility index (Phi) is 4.29. The molecule has 1 saturated carbocycles. The molecule has 3 N–H and O–H groups in total. The zero-order chi connectivity index (χ0) is 15.6. The number of carbonyl (C=O) groups excluding carboxylic acids is 1.